The molecule has 5 heteroatoms. The largest absolute Gasteiger partial charge is 0.399 e. The number of nitrogens with two attached hydrogens (primary N) is 1. The maximum atomic E-state index is 12.5. The Morgan fingerprint density at radius 1 is 1.45 bits per heavy atom. The van der Waals surface area contributed by atoms with Crippen LogP contribution in [0.1, 0.15) is 39.7 Å². The Bertz CT molecular complexity index is 527. The van der Waals surface area contributed by atoms with Crippen LogP contribution in [0.2, 0.25) is 0 Å². The van der Waals surface area contributed by atoms with Gasteiger partial charge in [0, 0.05) is 16.1 Å². The third kappa shape index (κ3) is 4.07. The summed E-state index contributed by atoms with van der Waals surface area (Å²) in [4.78, 5) is 12.8. The van der Waals surface area contributed by atoms with E-state index in [9.17, 15) is 9.00 Å². The van der Waals surface area contributed by atoms with E-state index in [1.54, 1.807) is 25.1 Å². The predicted octanol–water partition coefficient (Wildman–Crippen LogP) is 2.38. The number of carbonyl (C=O) groups excluding carboxylic acids is 1. The van der Waals surface area contributed by atoms with Crippen LogP contribution in [0.4, 0.5) is 5.69 Å². The first-order chi connectivity index (χ1) is 9.18. The number of hydrogen-bond donors (Lipinski definition) is 2. The van der Waals surface area contributed by atoms with Crippen LogP contribution in [-0.4, -0.2) is 20.9 Å². The van der Waals surface area contributed by atoms with Crippen molar-refractivity contribution in [3.63, 3.8) is 0 Å². The van der Waals surface area contributed by atoms with Crippen molar-refractivity contribution in [2.45, 2.75) is 56.7 Å². The number of rotatable bonds is 5. The van der Waals surface area contributed by atoms with Gasteiger partial charge in [-0.1, -0.05) is 6.92 Å². The van der Waals surface area contributed by atoms with Gasteiger partial charge in [-0.05, 0) is 57.9 Å². The smallest absolute Gasteiger partial charge is 0.236 e. The lowest BCUT2D eigenvalue weighted by Gasteiger charge is -2.26. The minimum Gasteiger partial charge on any atom is -0.399 e. The van der Waals surface area contributed by atoms with Crippen molar-refractivity contribution >= 4 is 22.4 Å². The van der Waals surface area contributed by atoms with Gasteiger partial charge < -0.3 is 11.1 Å². The molecule has 3 N–H and O–H groups in total. The first-order valence-corrected chi connectivity index (χ1v) is 7.98. The molecule has 4 nitrogen and oxygen atoms in total. The molecular formula is C15H24N2O2S. The average Bonchev–Trinajstić information content (AvgIpc) is 2.36. The van der Waals surface area contributed by atoms with E-state index in [0.717, 1.165) is 12.0 Å². The van der Waals surface area contributed by atoms with Gasteiger partial charge in [-0.3, -0.25) is 9.00 Å². The molecular weight excluding hydrogens is 272 g/mol. The Hall–Kier alpha value is -1.36. The number of nitrogen functional groups attached to an aromatic ring is 1. The molecule has 0 aliphatic rings. The number of anilines is 1. The van der Waals surface area contributed by atoms with Crippen molar-refractivity contribution in [1.82, 2.24) is 5.32 Å². The topological polar surface area (TPSA) is 72.2 Å². The highest BCUT2D eigenvalue weighted by Gasteiger charge is 2.26. The summed E-state index contributed by atoms with van der Waals surface area (Å²) >= 11 is 0. The summed E-state index contributed by atoms with van der Waals surface area (Å²) < 4.78 is 12.5. The van der Waals surface area contributed by atoms with Crippen molar-refractivity contribution in [2.24, 2.45) is 0 Å². The molecule has 1 aromatic rings. The van der Waals surface area contributed by atoms with E-state index < -0.39 is 16.0 Å². The Balaban J connectivity index is 2.89. The highest BCUT2D eigenvalue weighted by Crippen LogP contribution is 2.19. The number of aryl methyl sites for hydroxylation is 1. The standard InChI is InChI=1S/C15H24N2O2S/c1-6-15(4,5)17-14(18)11(3)20(19)13-8-7-12(16)9-10(13)2/h7-9,11H,6,16H2,1-5H3,(H,17,18). The fraction of sp³-hybridized carbons (Fsp3) is 0.533. The van der Waals surface area contributed by atoms with Gasteiger partial charge in [-0.2, -0.15) is 0 Å². The Morgan fingerprint density at radius 3 is 2.55 bits per heavy atom. The predicted molar refractivity (Wildman–Crippen MR) is 84.0 cm³/mol. The van der Waals surface area contributed by atoms with E-state index in [1.165, 1.54) is 0 Å². The molecule has 0 saturated carbocycles. The summed E-state index contributed by atoms with van der Waals surface area (Å²) in [6.45, 7) is 9.45. The second-order valence-electron chi connectivity index (χ2n) is 5.69. The van der Waals surface area contributed by atoms with Gasteiger partial charge >= 0.3 is 0 Å². The van der Waals surface area contributed by atoms with Crippen molar-refractivity contribution in [3.05, 3.63) is 23.8 Å². The fourth-order valence-corrected chi connectivity index (χ4v) is 2.92. The molecule has 2 unspecified atom stereocenters. The van der Waals surface area contributed by atoms with Crippen molar-refractivity contribution in [3.8, 4) is 0 Å². The van der Waals surface area contributed by atoms with Gasteiger partial charge in [-0.15, -0.1) is 0 Å². The molecule has 0 radical (unpaired) electrons. The molecule has 0 aliphatic carbocycles. The summed E-state index contributed by atoms with van der Waals surface area (Å²) in [6, 6.07) is 5.21. The van der Waals surface area contributed by atoms with Crippen molar-refractivity contribution < 1.29 is 9.00 Å². The number of amides is 1. The minimum absolute atomic E-state index is 0.189. The molecule has 2 atom stereocenters. The van der Waals surface area contributed by atoms with Gasteiger partial charge in [0.25, 0.3) is 0 Å². The Kier molecular flexibility index (Phi) is 5.34. The van der Waals surface area contributed by atoms with Gasteiger partial charge in [-0.25, -0.2) is 0 Å². The molecule has 20 heavy (non-hydrogen) atoms. The Labute approximate surface area is 123 Å². The lowest BCUT2D eigenvalue weighted by Crippen LogP contribution is -2.47. The van der Waals surface area contributed by atoms with Crippen LogP contribution in [0.15, 0.2) is 23.1 Å². The monoisotopic (exact) mass is 296 g/mol. The molecule has 0 aromatic heterocycles. The lowest BCUT2D eigenvalue weighted by atomic mass is 10.0. The SMILES string of the molecule is CCC(C)(C)NC(=O)C(C)S(=O)c1ccc(N)cc1C. The van der Waals surface area contributed by atoms with Crippen LogP contribution in [0.25, 0.3) is 0 Å². The van der Waals surface area contributed by atoms with E-state index in [1.807, 2.05) is 27.7 Å². The summed E-state index contributed by atoms with van der Waals surface area (Å²) in [5.41, 5.74) is 6.88. The zero-order chi connectivity index (χ0) is 15.5. The molecule has 1 aromatic carbocycles. The normalized spacial score (nSPS) is 14.7. The summed E-state index contributed by atoms with van der Waals surface area (Å²) in [6.07, 6.45) is 0.818. The van der Waals surface area contributed by atoms with Gasteiger partial charge in [0.15, 0.2) is 0 Å². The van der Waals surface area contributed by atoms with Gasteiger partial charge in [0.2, 0.25) is 5.91 Å². The third-order valence-electron chi connectivity index (χ3n) is 3.45. The van der Waals surface area contributed by atoms with E-state index in [-0.39, 0.29) is 11.4 Å². The van der Waals surface area contributed by atoms with E-state index in [2.05, 4.69) is 5.32 Å². The van der Waals surface area contributed by atoms with Crippen LogP contribution in [0.3, 0.4) is 0 Å². The zero-order valence-corrected chi connectivity index (χ0v) is 13.6. The van der Waals surface area contributed by atoms with Gasteiger partial charge in [0.05, 0.1) is 10.8 Å². The second-order valence-corrected chi connectivity index (χ2v) is 7.43. The summed E-state index contributed by atoms with van der Waals surface area (Å²) in [5.74, 6) is -0.189. The fourth-order valence-electron chi connectivity index (χ4n) is 1.71. The number of benzene rings is 1. The number of carbonyl (C=O) groups is 1. The molecule has 0 fully saturated rings. The number of nitrogens with one attached hydrogen (secondary N) is 1. The minimum atomic E-state index is -1.38. The van der Waals surface area contributed by atoms with Gasteiger partial charge in [0.1, 0.15) is 5.25 Å². The van der Waals surface area contributed by atoms with Crippen LogP contribution in [0, 0.1) is 6.92 Å². The average molecular weight is 296 g/mol. The summed E-state index contributed by atoms with van der Waals surface area (Å²) in [5, 5.41) is 2.34. The highest BCUT2D eigenvalue weighted by atomic mass is 32.2. The molecule has 0 heterocycles. The molecule has 112 valence electrons. The van der Waals surface area contributed by atoms with E-state index in [4.69, 9.17) is 5.73 Å². The number of hydrogen-bond acceptors (Lipinski definition) is 3. The van der Waals surface area contributed by atoms with Crippen molar-refractivity contribution in [1.29, 1.82) is 0 Å². The van der Waals surface area contributed by atoms with Crippen LogP contribution >= 0.6 is 0 Å². The molecule has 1 rings (SSSR count). The van der Waals surface area contributed by atoms with Crippen LogP contribution < -0.4 is 11.1 Å². The maximum Gasteiger partial charge on any atom is 0.236 e. The molecule has 1 amide bonds. The molecule has 0 spiro atoms. The lowest BCUT2D eigenvalue weighted by molar-refractivity contribution is -0.121. The molecule has 0 bridgehead atoms. The quantitative estimate of drug-likeness (QED) is 0.819. The second kappa shape index (κ2) is 6.39. The molecule has 0 saturated heterocycles. The van der Waals surface area contributed by atoms with E-state index in [0.29, 0.717) is 10.6 Å². The molecule has 0 aliphatic heterocycles. The van der Waals surface area contributed by atoms with E-state index >= 15 is 0 Å². The summed E-state index contributed by atoms with van der Waals surface area (Å²) in [7, 11) is -1.38. The van der Waals surface area contributed by atoms with Crippen LogP contribution in [0.5, 0.6) is 0 Å². The Morgan fingerprint density at radius 2 is 2.05 bits per heavy atom. The zero-order valence-electron chi connectivity index (χ0n) is 12.8. The first-order valence-electron chi connectivity index (χ1n) is 6.76. The highest BCUT2D eigenvalue weighted by molar-refractivity contribution is 7.86. The maximum absolute atomic E-state index is 12.5. The van der Waals surface area contributed by atoms with Crippen molar-refractivity contribution in [2.75, 3.05) is 5.73 Å². The first kappa shape index (κ1) is 16.7. The van der Waals surface area contributed by atoms with Crippen LogP contribution in [-0.2, 0) is 15.6 Å². The third-order valence-corrected chi connectivity index (χ3v) is 5.20.